The maximum absolute atomic E-state index is 12.7. The van der Waals surface area contributed by atoms with E-state index in [0.29, 0.717) is 0 Å². The first-order valence-corrected chi connectivity index (χ1v) is 11.7. The first-order valence-electron chi connectivity index (χ1n) is 8.34. The van der Waals surface area contributed by atoms with Gasteiger partial charge in [0.25, 0.3) is 15.9 Å². The first kappa shape index (κ1) is 24.3. The number of nitrogens with one attached hydrogen (secondary N) is 3. The zero-order valence-electron chi connectivity index (χ0n) is 16.1. The minimum absolute atomic E-state index is 0.0227. The zero-order valence-corrected chi connectivity index (χ0v) is 17.8. The van der Waals surface area contributed by atoms with E-state index in [-0.39, 0.29) is 27.6 Å². The van der Waals surface area contributed by atoms with Crippen molar-refractivity contribution in [2.45, 2.75) is 11.1 Å². The standard InChI is InChI=1S/C17H18F3N3O6S2/c1-29-15-7-6-12(9-14(15)23-30(2,25)26)22-31(27,28)13-5-3-4-11(8-13)16(24)21-10-17(18,19)20/h3-9,22-23H,10H2,1-2H3,(H,21,24). The maximum atomic E-state index is 12.7. The third kappa shape index (κ3) is 7.32. The quantitative estimate of drug-likeness (QED) is 0.530. The lowest BCUT2D eigenvalue weighted by Gasteiger charge is -2.14. The molecular weight excluding hydrogens is 463 g/mol. The van der Waals surface area contributed by atoms with E-state index in [1.54, 1.807) is 5.32 Å². The number of carbonyl (C=O) groups excluding carboxylic acids is 1. The van der Waals surface area contributed by atoms with Crippen molar-refractivity contribution in [2.24, 2.45) is 0 Å². The van der Waals surface area contributed by atoms with Crippen molar-refractivity contribution in [2.75, 3.05) is 29.4 Å². The molecule has 0 aliphatic rings. The number of methoxy groups -OCH3 is 1. The molecule has 31 heavy (non-hydrogen) atoms. The van der Waals surface area contributed by atoms with Crippen molar-refractivity contribution in [3.8, 4) is 5.75 Å². The average molecular weight is 481 g/mol. The van der Waals surface area contributed by atoms with Gasteiger partial charge in [-0.2, -0.15) is 13.2 Å². The van der Waals surface area contributed by atoms with E-state index in [9.17, 15) is 34.8 Å². The van der Waals surface area contributed by atoms with Crippen LogP contribution < -0.4 is 19.5 Å². The van der Waals surface area contributed by atoms with Crippen molar-refractivity contribution >= 4 is 37.3 Å². The summed E-state index contributed by atoms with van der Waals surface area (Å²) in [5.74, 6) is -0.963. The zero-order chi connectivity index (χ0) is 23.4. The Morgan fingerprint density at radius 1 is 1.03 bits per heavy atom. The second-order valence-electron chi connectivity index (χ2n) is 6.22. The fourth-order valence-electron chi connectivity index (χ4n) is 2.35. The molecule has 0 atom stereocenters. The highest BCUT2D eigenvalue weighted by Gasteiger charge is 2.28. The van der Waals surface area contributed by atoms with Gasteiger partial charge in [0.05, 0.1) is 29.6 Å². The number of ether oxygens (including phenoxy) is 1. The van der Waals surface area contributed by atoms with Crippen molar-refractivity contribution in [3.05, 3.63) is 48.0 Å². The number of anilines is 2. The van der Waals surface area contributed by atoms with Gasteiger partial charge >= 0.3 is 6.18 Å². The van der Waals surface area contributed by atoms with Crippen LogP contribution in [-0.2, 0) is 20.0 Å². The lowest BCUT2D eigenvalue weighted by Crippen LogP contribution is -2.33. The average Bonchev–Trinajstić information content (AvgIpc) is 2.64. The number of alkyl halides is 3. The SMILES string of the molecule is COc1ccc(NS(=O)(=O)c2cccc(C(=O)NCC(F)(F)F)c2)cc1NS(C)(=O)=O. The summed E-state index contributed by atoms with van der Waals surface area (Å²) in [5.41, 5.74) is -0.342. The number of halogens is 3. The Hall–Kier alpha value is -3.00. The van der Waals surface area contributed by atoms with E-state index in [1.165, 1.54) is 31.4 Å². The monoisotopic (exact) mass is 481 g/mol. The van der Waals surface area contributed by atoms with Crippen LogP contribution >= 0.6 is 0 Å². The van der Waals surface area contributed by atoms with Crippen LogP contribution in [0.15, 0.2) is 47.4 Å². The van der Waals surface area contributed by atoms with Gasteiger partial charge in [-0.3, -0.25) is 14.2 Å². The summed E-state index contributed by atoms with van der Waals surface area (Å²) in [7, 11) is -6.65. The predicted molar refractivity (Wildman–Crippen MR) is 107 cm³/mol. The normalized spacial score (nSPS) is 12.2. The highest BCUT2D eigenvalue weighted by Crippen LogP contribution is 2.29. The van der Waals surface area contributed by atoms with Crippen LogP contribution in [0, 0.1) is 0 Å². The summed E-state index contributed by atoms with van der Waals surface area (Å²) < 4.78 is 94.5. The fourth-order valence-corrected chi connectivity index (χ4v) is 4.01. The van der Waals surface area contributed by atoms with Gasteiger partial charge in [0, 0.05) is 5.56 Å². The van der Waals surface area contributed by atoms with Crippen LogP contribution in [0.25, 0.3) is 0 Å². The van der Waals surface area contributed by atoms with Gasteiger partial charge < -0.3 is 10.1 Å². The largest absolute Gasteiger partial charge is 0.495 e. The van der Waals surface area contributed by atoms with E-state index in [0.717, 1.165) is 24.5 Å². The summed E-state index contributed by atoms with van der Waals surface area (Å²) in [6.45, 7) is -1.57. The second-order valence-corrected chi connectivity index (χ2v) is 9.65. The van der Waals surface area contributed by atoms with E-state index in [2.05, 4.69) is 9.44 Å². The molecular formula is C17H18F3N3O6S2. The molecule has 2 rings (SSSR count). The Bertz CT molecular complexity index is 1180. The molecule has 0 aliphatic carbocycles. The molecule has 0 aromatic heterocycles. The fraction of sp³-hybridized carbons (Fsp3) is 0.235. The van der Waals surface area contributed by atoms with Crippen LogP contribution in [0.2, 0.25) is 0 Å². The minimum atomic E-state index is -4.62. The van der Waals surface area contributed by atoms with E-state index < -0.39 is 38.7 Å². The molecule has 0 aliphatic heterocycles. The number of carbonyl (C=O) groups is 1. The topological polar surface area (TPSA) is 131 Å². The molecule has 0 radical (unpaired) electrons. The molecule has 0 saturated carbocycles. The lowest BCUT2D eigenvalue weighted by molar-refractivity contribution is -0.123. The van der Waals surface area contributed by atoms with Gasteiger partial charge in [-0.15, -0.1) is 0 Å². The molecule has 2 aromatic rings. The minimum Gasteiger partial charge on any atom is -0.495 e. The van der Waals surface area contributed by atoms with Gasteiger partial charge in [0.1, 0.15) is 12.3 Å². The van der Waals surface area contributed by atoms with E-state index in [4.69, 9.17) is 4.74 Å². The van der Waals surface area contributed by atoms with Crippen LogP contribution in [-0.4, -0.2) is 48.8 Å². The van der Waals surface area contributed by atoms with Crippen LogP contribution in [0.1, 0.15) is 10.4 Å². The molecule has 0 spiro atoms. The van der Waals surface area contributed by atoms with E-state index in [1.807, 2.05) is 0 Å². The third-order valence-electron chi connectivity index (χ3n) is 3.60. The van der Waals surface area contributed by atoms with Gasteiger partial charge in [-0.1, -0.05) is 6.07 Å². The number of rotatable bonds is 8. The Kier molecular flexibility index (Phi) is 7.06. The van der Waals surface area contributed by atoms with Gasteiger partial charge in [-0.05, 0) is 36.4 Å². The number of hydrogen-bond donors (Lipinski definition) is 3. The Balaban J connectivity index is 2.29. The molecule has 14 heteroatoms. The molecule has 1 amide bonds. The number of amides is 1. The Labute approximate surface area is 176 Å². The molecule has 0 fully saturated rings. The summed E-state index contributed by atoms with van der Waals surface area (Å²) in [6, 6.07) is 8.22. The lowest BCUT2D eigenvalue weighted by atomic mass is 10.2. The summed E-state index contributed by atoms with van der Waals surface area (Å²) in [5, 5.41) is 1.65. The molecule has 0 unspecified atom stereocenters. The van der Waals surface area contributed by atoms with Crippen molar-refractivity contribution in [3.63, 3.8) is 0 Å². The van der Waals surface area contributed by atoms with Crippen LogP contribution in [0.4, 0.5) is 24.5 Å². The molecule has 0 bridgehead atoms. The van der Waals surface area contributed by atoms with Gasteiger partial charge in [-0.25, -0.2) is 16.8 Å². The molecule has 170 valence electrons. The van der Waals surface area contributed by atoms with Crippen LogP contribution in [0.3, 0.4) is 0 Å². The maximum Gasteiger partial charge on any atom is 0.405 e. The Morgan fingerprint density at radius 2 is 1.71 bits per heavy atom. The molecule has 3 N–H and O–H groups in total. The summed E-state index contributed by atoms with van der Waals surface area (Å²) >= 11 is 0. The number of sulfonamides is 2. The van der Waals surface area contributed by atoms with Crippen molar-refractivity contribution in [1.29, 1.82) is 0 Å². The third-order valence-corrected chi connectivity index (χ3v) is 5.57. The van der Waals surface area contributed by atoms with Crippen molar-refractivity contribution in [1.82, 2.24) is 5.32 Å². The highest BCUT2D eigenvalue weighted by atomic mass is 32.2. The molecule has 2 aromatic carbocycles. The van der Waals surface area contributed by atoms with Gasteiger partial charge in [0.2, 0.25) is 10.0 Å². The Morgan fingerprint density at radius 3 is 2.29 bits per heavy atom. The highest BCUT2D eigenvalue weighted by molar-refractivity contribution is 7.92. The van der Waals surface area contributed by atoms with Gasteiger partial charge in [0.15, 0.2) is 0 Å². The summed E-state index contributed by atoms with van der Waals surface area (Å²) in [4.78, 5) is 11.5. The van der Waals surface area contributed by atoms with Crippen molar-refractivity contribution < 1.29 is 39.5 Å². The number of hydrogen-bond acceptors (Lipinski definition) is 6. The second kappa shape index (κ2) is 9.01. The summed E-state index contributed by atoms with van der Waals surface area (Å²) in [6.07, 6.45) is -3.72. The number of benzene rings is 2. The van der Waals surface area contributed by atoms with Crippen LogP contribution in [0.5, 0.6) is 5.75 Å². The molecule has 0 heterocycles. The molecule has 0 saturated heterocycles. The predicted octanol–water partition coefficient (Wildman–Crippen LogP) is 2.16. The smallest absolute Gasteiger partial charge is 0.405 e. The molecule has 9 nitrogen and oxygen atoms in total. The van der Waals surface area contributed by atoms with E-state index >= 15 is 0 Å². The first-order chi connectivity index (χ1) is 14.2.